The molecule has 0 spiro atoms. The molecule has 0 fully saturated rings. The number of carboxylic acid groups (broad SMARTS) is 1. The Morgan fingerprint density at radius 3 is 3.00 bits per heavy atom. The number of aryl methyl sites for hydroxylation is 1. The minimum Gasteiger partial charge on any atom is -0.481 e. The van der Waals surface area contributed by atoms with Crippen molar-refractivity contribution >= 4 is 29.5 Å². The molecule has 0 aliphatic rings. The van der Waals surface area contributed by atoms with E-state index in [1.54, 1.807) is 18.0 Å². The largest absolute Gasteiger partial charge is 0.481 e. The highest BCUT2D eigenvalue weighted by Crippen LogP contribution is 2.18. The molecule has 1 aromatic heterocycles. The normalized spacial score (nSPS) is 10.5. The van der Waals surface area contributed by atoms with Crippen LogP contribution in [0, 0.1) is 6.92 Å². The molecule has 0 unspecified atom stereocenters. The van der Waals surface area contributed by atoms with Gasteiger partial charge in [-0.1, -0.05) is 11.8 Å². The van der Waals surface area contributed by atoms with Gasteiger partial charge in [0.1, 0.15) is 0 Å². The second-order valence-corrected chi connectivity index (χ2v) is 4.94. The molecule has 0 aliphatic heterocycles. The molecule has 4 nitrogen and oxygen atoms in total. The van der Waals surface area contributed by atoms with Crippen molar-refractivity contribution in [3.05, 3.63) is 11.9 Å². The van der Waals surface area contributed by atoms with Gasteiger partial charge in [-0.05, 0) is 13.2 Å². The first kappa shape index (κ1) is 12.4. The van der Waals surface area contributed by atoms with Crippen LogP contribution in [0.2, 0.25) is 0 Å². The number of carbonyl (C=O) groups is 1. The van der Waals surface area contributed by atoms with Crippen molar-refractivity contribution in [2.45, 2.75) is 18.6 Å². The highest BCUT2D eigenvalue weighted by molar-refractivity contribution is 7.99. The Labute approximate surface area is 97.5 Å². The van der Waals surface area contributed by atoms with Gasteiger partial charge in [-0.2, -0.15) is 11.8 Å². The zero-order chi connectivity index (χ0) is 11.3. The summed E-state index contributed by atoms with van der Waals surface area (Å²) in [4.78, 5) is 14.6. The lowest BCUT2D eigenvalue weighted by molar-refractivity contribution is -0.133. The van der Waals surface area contributed by atoms with Gasteiger partial charge in [-0.25, -0.2) is 4.98 Å². The lowest BCUT2D eigenvalue weighted by Gasteiger charge is -2.07. The van der Waals surface area contributed by atoms with E-state index in [4.69, 9.17) is 5.11 Å². The van der Waals surface area contributed by atoms with Gasteiger partial charge in [0.2, 0.25) is 0 Å². The van der Waals surface area contributed by atoms with Gasteiger partial charge >= 0.3 is 5.97 Å². The number of rotatable bonds is 6. The van der Waals surface area contributed by atoms with Gasteiger partial charge in [-0.3, -0.25) is 4.79 Å². The standard InChI is InChI=1S/C9H14N2O2S2/c1-7-5-10-9(15-6-8(12)13)11(7)3-4-14-2/h5H,3-4,6H2,1-2H3,(H,12,13). The van der Waals surface area contributed by atoms with Gasteiger partial charge in [0.05, 0.1) is 5.75 Å². The third-order valence-corrected chi connectivity index (χ3v) is 3.43. The Bertz CT molecular complexity index is 339. The molecule has 1 N–H and O–H groups in total. The SMILES string of the molecule is CSCCn1c(C)cnc1SCC(=O)O. The molecule has 0 aliphatic carbocycles. The molecule has 0 aromatic carbocycles. The van der Waals surface area contributed by atoms with E-state index < -0.39 is 5.97 Å². The van der Waals surface area contributed by atoms with Gasteiger partial charge in [-0.15, -0.1) is 0 Å². The summed E-state index contributed by atoms with van der Waals surface area (Å²) in [6, 6.07) is 0. The Morgan fingerprint density at radius 2 is 2.40 bits per heavy atom. The van der Waals surface area contributed by atoms with E-state index in [0.29, 0.717) is 0 Å². The maximum Gasteiger partial charge on any atom is 0.313 e. The first-order valence-corrected chi connectivity index (χ1v) is 6.88. The number of aliphatic carboxylic acids is 1. The van der Waals surface area contributed by atoms with Crippen LogP contribution >= 0.6 is 23.5 Å². The van der Waals surface area contributed by atoms with Crippen LogP contribution in [-0.4, -0.2) is 38.4 Å². The second kappa shape index (κ2) is 6.07. The molecule has 0 saturated heterocycles. The predicted molar refractivity (Wildman–Crippen MR) is 63.7 cm³/mol. The summed E-state index contributed by atoms with van der Waals surface area (Å²) in [7, 11) is 0. The fraction of sp³-hybridized carbons (Fsp3) is 0.556. The molecule has 1 rings (SSSR count). The van der Waals surface area contributed by atoms with Crippen LogP contribution in [0.3, 0.4) is 0 Å². The topological polar surface area (TPSA) is 55.1 Å². The van der Waals surface area contributed by atoms with Crippen LogP contribution in [0.1, 0.15) is 5.69 Å². The zero-order valence-electron chi connectivity index (χ0n) is 8.77. The number of carboxylic acids is 1. The summed E-state index contributed by atoms with van der Waals surface area (Å²) < 4.78 is 2.06. The van der Waals surface area contributed by atoms with Gasteiger partial charge < -0.3 is 9.67 Å². The smallest absolute Gasteiger partial charge is 0.313 e. The fourth-order valence-electron chi connectivity index (χ4n) is 1.13. The molecule has 1 aromatic rings. The van der Waals surface area contributed by atoms with Gasteiger partial charge in [0.25, 0.3) is 0 Å². The maximum absolute atomic E-state index is 10.4. The number of hydrogen-bond acceptors (Lipinski definition) is 4. The molecular weight excluding hydrogens is 232 g/mol. The van der Waals surface area contributed by atoms with Crippen LogP contribution in [0.4, 0.5) is 0 Å². The zero-order valence-corrected chi connectivity index (χ0v) is 10.4. The third kappa shape index (κ3) is 3.79. The van der Waals surface area contributed by atoms with E-state index >= 15 is 0 Å². The summed E-state index contributed by atoms with van der Waals surface area (Å²) in [5.74, 6) is 0.269. The van der Waals surface area contributed by atoms with Crippen molar-refractivity contribution in [2.75, 3.05) is 17.8 Å². The van der Waals surface area contributed by atoms with Crippen molar-refractivity contribution in [1.29, 1.82) is 0 Å². The Balaban J connectivity index is 2.65. The summed E-state index contributed by atoms with van der Waals surface area (Å²) in [5.41, 5.74) is 1.08. The van der Waals surface area contributed by atoms with Crippen LogP contribution < -0.4 is 0 Å². The lowest BCUT2D eigenvalue weighted by Crippen LogP contribution is -2.06. The third-order valence-electron chi connectivity index (χ3n) is 1.86. The van der Waals surface area contributed by atoms with E-state index in [0.717, 1.165) is 23.1 Å². The summed E-state index contributed by atoms with van der Waals surface area (Å²) in [6.07, 6.45) is 3.83. The monoisotopic (exact) mass is 246 g/mol. The molecule has 0 radical (unpaired) electrons. The summed E-state index contributed by atoms with van der Waals surface area (Å²) in [5, 5.41) is 9.38. The highest BCUT2D eigenvalue weighted by atomic mass is 32.2. The van der Waals surface area contributed by atoms with Crippen molar-refractivity contribution in [3.8, 4) is 0 Å². The van der Waals surface area contributed by atoms with E-state index in [-0.39, 0.29) is 5.75 Å². The van der Waals surface area contributed by atoms with Crippen molar-refractivity contribution in [3.63, 3.8) is 0 Å². The van der Waals surface area contributed by atoms with E-state index in [1.807, 2.05) is 6.92 Å². The minimum atomic E-state index is -0.808. The van der Waals surface area contributed by atoms with E-state index in [1.165, 1.54) is 11.8 Å². The Hall–Kier alpha value is -0.620. The number of imidazole rings is 1. The molecule has 0 bridgehead atoms. The molecule has 15 heavy (non-hydrogen) atoms. The Morgan fingerprint density at radius 1 is 1.67 bits per heavy atom. The number of aromatic nitrogens is 2. The predicted octanol–water partition coefficient (Wildman–Crippen LogP) is 1.73. The minimum absolute atomic E-state index is 0.0652. The quantitative estimate of drug-likeness (QED) is 0.775. The van der Waals surface area contributed by atoms with E-state index in [2.05, 4.69) is 15.8 Å². The molecular formula is C9H14N2O2S2. The van der Waals surface area contributed by atoms with Gasteiger partial charge in [0, 0.05) is 24.2 Å². The number of thioether (sulfide) groups is 2. The van der Waals surface area contributed by atoms with Crippen LogP contribution in [-0.2, 0) is 11.3 Å². The first-order chi connectivity index (χ1) is 7.15. The molecule has 0 saturated carbocycles. The van der Waals surface area contributed by atoms with Crippen LogP contribution in [0.15, 0.2) is 11.4 Å². The first-order valence-electron chi connectivity index (χ1n) is 4.50. The van der Waals surface area contributed by atoms with E-state index in [9.17, 15) is 4.79 Å². The van der Waals surface area contributed by atoms with Crippen LogP contribution in [0.5, 0.6) is 0 Å². The Kier molecular flexibility index (Phi) is 5.04. The molecule has 84 valence electrons. The van der Waals surface area contributed by atoms with Crippen molar-refractivity contribution < 1.29 is 9.90 Å². The lowest BCUT2D eigenvalue weighted by atomic mass is 10.5. The average Bonchev–Trinajstić information content (AvgIpc) is 2.53. The summed E-state index contributed by atoms with van der Waals surface area (Å²) >= 11 is 3.04. The van der Waals surface area contributed by atoms with Crippen LogP contribution in [0.25, 0.3) is 0 Å². The molecule has 6 heteroatoms. The fourth-order valence-corrected chi connectivity index (χ4v) is 2.27. The maximum atomic E-state index is 10.4. The molecule has 0 amide bonds. The summed E-state index contributed by atoms with van der Waals surface area (Å²) in [6.45, 7) is 2.87. The second-order valence-electron chi connectivity index (χ2n) is 3.01. The molecule has 1 heterocycles. The molecule has 0 atom stereocenters. The number of nitrogens with zero attached hydrogens (tertiary/aromatic N) is 2. The van der Waals surface area contributed by atoms with Crippen molar-refractivity contribution in [1.82, 2.24) is 9.55 Å². The van der Waals surface area contributed by atoms with Gasteiger partial charge in [0.15, 0.2) is 5.16 Å². The number of hydrogen-bond donors (Lipinski definition) is 1. The van der Waals surface area contributed by atoms with Crippen molar-refractivity contribution in [2.24, 2.45) is 0 Å². The average molecular weight is 246 g/mol. The highest BCUT2D eigenvalue weighted by Gasteiger charge is 2.08.